The summed E-state index contributed by atoms with van der Waals surface area (Å²) in [5, 5.41) is 6.61. The van der Waals surface area contributed by atoms with Gasteiger partial charge in [-0.25, -0.2) is 0 Å². The lowest BCUT2D eigenvalue weighted by atomic mass is 9.84. The molecule has 1 unspecified atom stereocenters. The first-order valence-electron chi connectivity index (χ1n) is 7.76. The average Bonchev–Trinajstić information content (AvgIpc) is 2.40. The summed E-state index contributed by atoms with van der Waals surface area (Å²) in [6.07, 6.45) is 9.80. The molecule has 1 aliphatic carbocycles. The smallest absolute Gasteiger partial charge is 0.220 e. The first kappa shape index (κ1) is 13.9. The highest BCUT2D eigenvalue weighted by molar-refractivity contribution is 5.76. The Morgan fingerprint density at radius 1 is 1.22 bits per heavy atom. The van der Waals surface area contributed by atoms with Crippen molar-refractivity contribution in [1.29, 1.82) is 0 Å². The van der Waals surface area contributed by atoms with Gasteiger partial charge in [-0.05, 0) is 57.5 Å². The molecule has 1 aliphatic heterocycles. The second-order valence-electron chi connectivity index (χ2n) is 6.17. The molecule has 104 valence electrons. The third-order valence-electron chi connectivity index (χ3n) is 4.62. The molecular formula is C15H28N2O. The van der Waals surface area contributed by atoms with Crippen molar-refractivity contribution in [2.24, 2.45) is 11.8 Å². The van der Waals surface area contributed by atoms with Crippen LogP contribution < -0.4 is 10.6 Å². The molecule has 1 amide bonds. The van der Waals surface area contributed by atoms with Crippen LogP contribution in [0.4, 0.5) is 0 Å². The van der Waals surface area contributed by atoms with E-state index in [1.54, 1.807) is 0 Å². The number of nitrogens with one attached hydrogen (secondary N) is 2. The Morgan fingerprint density at radius 3 is 2.67 bits per heavy atom. The van der Waals surface area contributed by atoms with Gasteiger partial charge in [-0.1, -0.05) is 19.3 Å². The first-order chi connectivity index (χ1) is 8.75. The standard InChI is InChI=1S/C15H28N2O/c1-12(14-7-3-2-4-8-14)17-15(18)10-13-6-5-9-16-11-13/h12-14,16H,2-11H2,1H3,(H,17,18)/t12-,13?/m1/s1. The van der Waals surface area contributed by atoms with Crippen molar-refractivity contribution >= 4 is 5.91 Å². The number of amides is 1. The maximum atomic E-state index is 12.0. The van der Waals surface area contributed by atoms with Crippen LogP contribution in [0.5, 0.6) is 0 Å². The molecule has 0 aromatic heterocycles. The van der Waals surface area contributed by atoms with Gasteiger partial charge >= 0.3 is 0 Å². The average molecular weight is 252 g/mol. The number of carbonyl (C=O) groups is 1. The van der Waals surface area contributed by atoms with Crippen LogP contribution in [0.3, 0.4) is 0 Å². The van der Waals surface area contributed by atoms with E-state index < -0.39 is 0 Å². The van der Waals surface area contributed by atoms with Gasteiger partial charge in [0.05, 0.1) is 0 Å². The lowest BCUT2D eigenvalue weighted by Crippen LogP contribution is -2.41. The van der Waals surface area contributed by atoms with E-state index in [0.717, 1.165) is 13.1 Å². The summed E-state index contributed by atoms with van der Waals surface area (Å²) in [6, 6.07) is 0.370. The van der Waals surface area contributed by atoms with E-state index in [9.17, 15) is 4.79 Å². The van der Waals surface area contributed by atoms with Gasteiger partial charge in [-0.3, -0.25) is 4.79 Å². The molecule has 1 saturated carbocycles. The molecule has 18 heavy (non-hydrogen) atoms. The zero-order chi connectivity index (χ0) is 12.8. The molecule has 2 atom stereocenters. The second-order valence-corrected chi connectivity index (χ2v) is 6.17. The molecule has 0 bridgehead atoms. The molecule has 2 N–H and O–H groups in total. The van der Waals surface area contributed by atoms with Crippen molar-refractivity contribution in [1.82, 2.24) is 10.6 Å². The normalized spacial score (nSPS) is 27.7. The van der Waals surface area contributed by atoms with Gasteiger partial charge in [0.1, 0.15) is 0 Å². The van der Waals surface area contributed by atoms with E-state index in [2.05, 4.69) is 17.6 Å². The zero-order valence-corrected chi connectivity index (χ0v) is 11.7. The molecule has 0 radical (unpaired) electrons. The van der Waals surface area contributed by atoms with Crippen LogP contribution in [-0.2, 0) is 4.79 Å². The number of carbonyl (C=O) groups excluding carboxylic acids is 1. The van der Waals surface area contributed by atoms with E-state index in [1.165, 1.54) is 44.9 Å². The number of piperidine rings is 1. The maximum Gasteiger partial charge on any atom is 0.220 e. The highest BCUT2D eigenvalue weighted by Gasteiger charge is 2.23. The highest BCUT2D eigenvalue weighted by Crippen LogP contribution is 2.26. The van der Waals surface area contributed by atoms with E-state index >= 15 is 0 Å². The lowest BCUT2D eigenvalue weighted by Gasteiger charge is -2.29. The molecule has 1 heterocycles. The summed E-state index contributed by atoms with van der Waals surface area (Å²) < 4.78 is 0. The molecule has 2 fully saturated rings. The Kier molecular flexibility index (Phi) is 5.48. The summed E-state index contributed by atoms with van der Waals surface area (Å²) in [4.78, 5) is 12.0. The number of rotatable bonds is 4. The van der Waals surface area contributed by atoms with Gasteiger partial charge in [0.15, 0.2) is 0 Å². The SMILES string of the molecule is C[C@@H](NC(=O)CC1CCCNC1)C1CCCCC1. The topological polar surface area (TPSA) is 41.1 Å². The van der Waals surface area contributed by atoms with Crippen LogP contribution in [0.2, 0.25) is 0 Å². The fourth-order valence-corrected chi connectivity index (χ4v) is 3.43. The zero-order valence-electron chi connectivity index (χ0n) is 11.7. The largest absolute Gasteiger partial charge is 0.353 e. The summed E-state index contributed by atoms with van der Waals surface area (Å²) in [5.41, 5.74) is 0. The van der Waals surface area contributed by atoms with Crippen molar-refractivity contribution in [3.05, 3.63) is 0 Å². The Morgan fingerprint density at radius 2 is 2.00 bits per heavy atom. The molecule has 0 aromatic carbocycles. The van der Waals surface area contributed by atoms with Crippen molar-refractivity contribution in [3.8, 4) is 0 Å². The minimum atomic E-state index is 0.266. The van der Waals surface area contributed by atoms with Crippen molar-refractivity contribution in [2.75, 3.05) is 13.1 Å². The molecule has 0 aromatic rings. The molecule has 2 aliphatic rings. The number of hydrogen-bond acceptors (Lipinski definition) is 2. The Bertz CT molecular complexity index is 255. The van der Waals surface area contributed by atoms with Gasteiger partial charge < -0.3 is 10.6 Å². The quantitative estimate of drug-likeness (QED) is 0.807. The van der Waals surface area contributed by atoms with Gasteiger partial charge in [0, 0.05) is 12.5 Å². The molecule has 2 rings (SSSR count). The lowest BCUT2D eigenvalue weighted by molar-refractivity contribution is -0.123. The summed E-state index contributed by atoms with van der Waals surface area (Å²) in [5.74, 6) is 1.53. The fourth-order valence-electron chi connectivity index (χ4n) is 3.43. The third-order valence-corrected chi connectivity index (χ3v) is 4.62. The van der Waals surface area contributed by atoms with Crippen LogP contribution in [0, 0.1) is 11.8 Å². The van der Waals surface area contributed by atoms with Crippen molar-refractivity contribution < 1.29 is 4.79 Å². The summed E-state index contributed by atoms with van der Waals surface area (Å²) >= 11 is 0. The molecule has 3 nitrogen and oxygen atoms in total. The Hall–Kier alpha value is -0.570. The second kappa shape index (κ2) is 7.13. The fraction of sp³-hybridized carbons (Fsp3) is 0.933. The van der Waals surface area contributed by atoms with Gasteiger partial charge in [-0.15, -0.1) is 0 Å². The summed E-state index contributed by atoms with van der Waals surface area (Å²) in [6.45, 7) is 4.33. The van der Waals surface area contributed by atoms with Crippen molar-refractivity contribution in [2.45, 2.75) is 64.3 Å². The maximum absolute atomic E-state index is 12.0. The van der Waals surface area contributed by atoms with Gasteiger partial charge in [0.2, 0.25) is 5.91 Å². The van der Waals surface area contributed by atoms with Crippen LogP contribution in [-0.4, -0.2) is 25.0 Å². The molecule has 3 heteroatoms. The highest BCUT2D eigenvalue weighted by atomic mass is 16.1. The molecule has 1 saturated heterocycles. The molecule has 0 spiro atoms. The van der Waals surface area contributed by atoms with E-state index in [-0.39, 0.29) is 5.91 Å². The van der Waals surface area contributed by atoms with Crippen LogP contribution >= 0.6 is 0 Å². The predicted octanol–water partition coefficient (Wildman–Crippen LogP) is 2.46. The minimum Gasteiger partial charge on any atom is -0.353 e. The van der Waals surface area contributed by atoms with E-state index in [1.807, 2.05) is 0 Å². The summed E-state index contributed by atoms with van der Waals surface area (Å²) in [7, 11) is 0. The van der Waals surface area contributed by atoms with Gasteiger partial charge in [-0.2, -0.15) is 0 Å². The van der Waals surface area contributed by atoms with E-state index in [4.69, 9.17) is 0 Å². The minimum absolute atomic E-state index is 0.266. The third kappa shape index (κ3) is 4.27. The van der Waals surface area contributed by atoms with Gasteiger partial charge in [0.25, 0.3) is 0 Å². The first-order valence-corrected chi connectivity index (χ1v) is 7.76. The Labute approximate surface area is 111 Å². The molecular weight excluding hydrogens is 224 g/mol. The van der Waals surface area contributed by atoms with Crippen LogP contribution in [0.15, 0.2) is 0 Å². The van der Waals surface area contributed by atoms with Crippen molar-refractivity contribution in [3.63, 3.8) is 0 Å². The Balaban J connectivity index is 1.68. The van der Waals surface area contributed by atoms with Crippen LogP contribution in [0.25, 0.3) is 0 Å². The van der Waals surface area contributed by atoms with E-state index in [0.29, 0.717) is 24.3 Å². The predicted molar refractivity (Wildman–Crippen MR) is 74.4 cm³/mol. The monoisotopic (exact) mass is 252 g/mol. The number of hydrogen-bond donors (Lipinski definition) is 2. The van der Waals surface area contributed by atoms with Crippen LogP contribution in [0.1, 0.15) is 58.3 Å².